The predicted octanol–water partition coefficient (Wildman–Crippen LogP) is 0.378. The molecule has 114 valence electrons. The van der Waals surface area contributed by atoms with Gasteiger partial charge in [0.2, 0.25) is 0 Å². The normalized spacial score (nSPS) is 16.5. The van der Waals surface area contributed by atoms with Gasteiger partial charge in [-0.3, -0.25) is 14.5 Å². The Morgan fingerprint density at radius 1 is 1.10 bits per heavy atom. The van der Waals surface area contributed by atoms with Crippen molar-refractivity contribution in [3.05, 3.63) is 35.4 Å². The molecule has 21 heavy (non-hydrogen) atoms. The van der Waals surface area contributed by atoms with Crippen LogP contribution in [0.25, 0.3) is 0 Å². The van der Waals surface area contributed by atoms with Crippen LogP contribution in [0, 0.1) is 0 Å². The lowest BCUT2D eigenvalue weighted by molar-refractivity contribution is -0.138. The highest BCUT2D eigenvalue weighted by atomic mass is 16.4. The Balaban J connectivity index is 1.97. The van der Waals surface area contributed by atoms with Gasteiger partial charge in [-0.25, -0.2) is 0 Å². The molecule has 1 aliphatic heterocycles. The fraction of sp³-hybridized carbons (Fsp3) is 0.467. The molecular formula is C15H21N3O3. The maximum atomic E-state index is 12.4. The third-order valence-electron chi connectivity index (χ3n) is 3.67. The first-order chi connectivity index (χ1) is 10.1. The van der Waals surface area contributed by atoms with E-state index in [2.05, 4.69) is 0 Å². The Kier molecular flexibility index (Phi) is 5.30. The number of carboxylic acids is 1. The number of rotatable bonds is 4. The number of nitrogens with two attached hydrogens (primary N) is 1. The second-order valence-electron chi connectivity index (χ2n) is 5.22. The summed E-state index contributed by atoms with van der Waals surface area (Å²) in [7, 11) is 0. The lowest BCUT2D eigenvalue weighted by atomic mass is 10.1. The van der Waals surface area contributed by atoms with Crippen LogP contribution >= 0.6 is 0 Å². The number of hydrogen-bond donors (Lipinski definition) is 2. The summed E-state index contributed by atoms with van der Waals surface area (Å²) in [6.45, 7) is 3.02. The van der Waals surface area contributed by atoms with Crippen molar-refractivity contribution in [1.82, 2.24) is 9.80 Å². The van der Waals surface area contributed by atoms with E-state index < -0.39 is 5.97 Å². The van der Waals surface area contributed by atoms with Crippen molar-refractivity contribution in [3.63, 3.8) is 0 Å². The summed E-state index contributed by atoms with van der Waals surface area (Å²) in [6, 6.07) is 7.32. The third kappa shape index (κ3) is 4.27. The predicted molar refractivity (Wildman–Crippen MR) is 78.9 cm³/mol. The van der Waals surface area contributed by atoms with Crippen LogP contribution in [-0.4, -0.2) is 59.5 Å². The van der Waals surface area contributed by atoms with Gasteiger partial charge in [-0.2, -0.15) is 0 Å². The second kappa shape index (κ2) is 7.19. The second-order valence-corrected chi connectivity index (χ2v) is 5.22. The number of carboxylic acid groups (broad SMARTS) is 1. The summed E-state index contributed by atoms with van der Waals surface area (Å²) in [5, 5.41) is 8.83. The van der Waals surface area contributed by atoms with Crippen molar-refractivity contribution in [2.24, 2.45) is 5.73 Å². The maximum Gasteiger partial charge on any atom is 0.317 e. The van der Waals surface area contributed by atoms with Gasteiger partial charge < -0.3 is 15.7 Å². The molecule has 1 amide bonds. The Morgan fingerprint density at radius 2 is 1.81 bits per heavy atom. The van der Waals surface area contributed by atoms with E-state index in [4.69, 9.17) is 10.8 Å². The molecule has 0 saturated carbocycles. The van der Waals surface area contributed by atoms with E-state index >= 15 is 0 Å². The lowest BCUT2D eigenvalue weighted by Gasteiger charge is -2.21. The quantitative estimate of drug-likeness (QED) is 0.837. The number of nitrogens with zero attached hydrogens (tertiary/aromatic N) is 2. The van der Waals surface area contributed by atoms with Crippen LogP contribution in [-0.2, 0) is 11.3 Å². The highest BCUT2D eigenvalue weighted by molar-refractivity contribution is 5.94. The minimum absolute atomic E-state index is 0.00394. The smallest absolute Gasteiger partial charge is 0.317 e. The zero-order chi connectivity index (χ0) is 15.2. The molecule has 0 atom stereocenters. The maximum absolute atomic E-state index is 12.4. The van der Waals surface area contributed by atoms with Crippen LogP contribution in [0.3, 0.4) is 0 Å². The largest absolute Gasteiger partial charge is 0.480 e. The fourth-order valence-electron chi connectivity index (χ4n) is 2.49. The number of hydrogen-bond acceptors (Lipinski definition) is 4. The van der Waals surface area contributed by atoms with E-state index in [0.29, 0.717) is 38.3 Å². The van der Waals surface area contributed by atoms with Crippen LogP contribution in [0.5, 0.6) is 0 Å². The zero-order valence-electron chi connectivity index (χ0n) is 12.0. The average Bonchev–Trinajstić information content (AvgIpc) is 2.71. The fourth-order valence-corrected chi connectivity index (χ4v) is 2.49. The van der Waals surface area contributed by atoms with E-state index in [1.165, 1.54) is 0 Å². The van der Waals surface area contributed by atoms with Crippen LogP contribution in [0.15, 0.2) is 24.3 Å². The minimum atomic E-state index is -0.827. The number of carbonyl (C=O) groups is 2. The van der Waals surface area contributed by atoms with E-state index in [-0.39, 0.29) is 12.5 Å². The van der Waals surface area contributed by atoms with E-state index in [1.54, 1.807) is 17.0 Å². The molecule has 0 aromatic heterocycles. The van der Waals surface area contributed by atoms with Gasteiger partial charge in [0.15, 0.2) is 0 Å². The van der Waals surface area contributed by atoms with Gasteiger partial charge in [-0.1, -0.05) is 12.1 Å². The van der Waals surface area contributed by atoms with Crippen molar-refractivity contribution in [2.75, 3.05) is 32.7 Å². The molecule has 0 aliphatic carbocycles. The first-order valence-electron chi connectivity index (χ1n) is 7.12. The van der Waals surface area contributed by atoms with E-state index in [0.717, 1.165) is 12.0 Å². The van der Waals surface area contributed by atoms with Crippen LogP contribution in [0.1, 0.15) is 22.3 Å². The van der Waals surface area contributed by atoms with Crippen molar-refractivity contribution in [3.8, 4) is 0 Å². The molecule has 1 aromatic carbocycles. The molecule has 3 N–H and O–H groups in total. The van der Waals surface area contributed by atoms with E-state index in [9.17, 15) is 9.59 Å². The summed E-state index contributed by atoms with van der Waals surface area (Å²) in [6.07, 6.45) is 0.792. The molecule has 6 nitrogen and oxygen atoms in total. The number of amides is 1. The number of benzene rings is 1. The highest BCUT2D eigenvalue weighted by Crippen LogP contribution is 2.10. The first kappa shape index (κ1) is 15.5. The summed E-state index contributed by atoms with van der Waals surface area (Å²) in [5.74, 6) is -0.831. The Hall–Kier alpha value is -1.92. The van der Waals surface area contributed by atoms with Gasteiger partial charge >= 0.3 is 5.97 Å². The van der Waals surface area contributed by atoms with Crippen LogP contribution < -0.4 is 5.73 Å². The zero-order valence-corrected chi connectivity index (χ0v) is 12.0. The lowest BCUT2D eigenvalue weighted by Crippen LogP contribution is -2.36. The third-order valence-corrected chi connectivity index (χ3v) is 3.67. The Bertz CT molecular complexity index is 501. The summed E-state index contributed by atoms with van der Waals surface area (Å²) in [5.41, 5.74) is 7.19. The van der Waals surface area contributed by atoms with E-state index in [1.807, 2.05) is 17.0 Å². The van der Waals surface area contributed by atoms with Crippen molar-refractivity contribution in [1.29, 1.82) is 0 Å². The number of aliphatic carboxylic acids is 1. The van der Waals surface area contributed by atoms with Crippen molar-refractivity contribution in [2.45, 2.75) is 13.0 Å². The summed E-state index contributed by atoms with van der Waals surface area (Å²) in [4.78, 5) is 26.8. The molecule has 1 aromatic rings. The molecule has 0 radical (unpaired) electrons. The van der Waals surface area contributed by atoms with Gasteiger partial charge in [-0.15, -0.1) is 0 Å². The molecule has 6 heteroatoms. The van der Waals surface area contributed by atoms with Gasteiger partial charge in [0.1, 0.15) is 0 Å². The van der Waals surface area contributed by atoms with Crippen molar-refractivity contribution < 1.29 is 14.7 Å². The molecule has 2 rings (SSSR count). The minimum Gasteiger partial charge on any atom is -0.480 e. The van der Waals surface area contributed by atoms with Gasteiger partial charge in [-0.05, 0) is 24.1 Å². The first-order valence-corrected chi connectivity index (χ1v) is 7.12. The summed E-state index contributed by atoms with van der Waals surface area (Å²) < 4.78 is 0. The Morgan fingerprint density at radius 3 is 2.43 bits per heavy atom. The molecule has 0 unspecified atom stereocenters. The highest BCUT2D eigenvalue weighted by Gasteiger charge is 2.21. The molecule has 1 fully saturated rings. The van der Waals surface area contributed by atoms with Gasteiger partial charge in [0, 0.05) is 38.3 Å². The van der Waals surface area contributed by atoms with Crippen molar-refractivity contribution >= 4 is 11.9 Å². The Labute approximate surface area is 124 Å². The molecule has 1 heterocycles. The summed E-state index contributed by atoms with van der Waals surface area (Å²) >= 11 is 0. The number of carbonyl (C=O) groups excluding carboxylic acids is 1. The molecule has 0 bridgehead atoms. The van der Waals surface area contributed by atoms with Crippen LogP contribution in [0.4, 0.5) is 0 Å². The monoisotopic (exact) mass is 291 g/mol. The standard InChI is InChI=1S/C15H21N3O3/c16-10-12-2-4-13(5-3-12)15(21)18-7-1-6-17(8-9-18)11-14(19)20/h2-5H,1,6-11,16H2,(H,19,20). The van der Waals surface area contributed by atoms with Gasteiger partial charge in [0.05, 0.1) is 6.54 Å². The average molecular weight is 291 g/mol. The SMILES string of the molecule is NCc1ccc(C(=O)N2CCCN(CC(=O)O)CC2)cc1. The van der Waals surface area contributed by atoms with Crippen LogP contribution in [0.2, 0.25) is 0 Å². The molecule has 1 saturated heterocycles. The topological polar surface area (TPSA) is 86.9 Å². The molecule has 1 aliphatic rings. The molecule has 0 spiro atoms. The molecular weight excluding hydrogens is 270 g/mol. The van der Waals surface area contributed by atoms with Gasteiger partial charge in [0.25, 0.3) is 5.91 Å².